The first kappa shape index (κ1) is 24.9. The van der Waals surface area contributed by atoms with E-state index in [2.05, 4.69) is 45.6 Å². The first-order valence-electron chi connectivity index (χ1n) is 14.8. The molecule has 5 heterocycles. The molecule has 0 spiro atoms. The molecule has 0 aliphatic carbocycles. The highest BCUT2D eigenvalue weighted by Gasteiger charge is 2.55. The zero-order valence-corrected chi connectivity index (χ0v) is 24.1. The van der Waals surface area contributed by atoms with Crippen molar-refractivity contribution in [3.8, 4) is 0 Å². The predicted molar refractivity (Wildman–Crippen MR) is 165 cm³/mol. The summed E-state index contributed by atoms with van der Waals surface area (Å²) in [5.41, 5.74) is 5.46. The average molecular weight is 571 g/mol. The number of rotatable bonds is 3. The molecule has 8 heteroatoms. The number of para-hydroxylation sites is 2. The van der Waals surface area contributed by atoms with Crippen LogP contribution in [0.15, 0.2) is 78.9 Å². The number of aromatic nitrogens is 2. The minimum Gasteiger partial charge on any atom is -0.374 e. The Balaban J connectivity index is 1.43. The normalized spacial score (nSPS) is 24.2. The van der Waals surface area contributed by atoms with Crippen molar-refractivity contribution in [3.05, 3.63) is 95.6 Å². The number of nitrogens with zero attached hydrogens (tertiary/aromatic N) is 3. The Morgan fingerprint density at radius 3 is 2.37 bits per heavy atom. The van der Waals surface area contributed by atoms with Gasteiger partial charge < -0.3 is 28.8 Å². The van der Waals surface area contributed by atoms with E-state index in [0.717, 1.165) is 54.7 Å². The summed E-state index contributed by atoms with van der Waals surface area (Å²) in [6.45, 7) is 2.56. The van der Waals surface area contributed by atoms with E-state index < -0.39 is 18.1 Å². The number of ether oxygens (including phenoxy) is 2. The van der Waals surface area contributed by atoms with Crippen LogP contribution in [-0.2, 0) is 21.7 Å². The zero-order chi connectivity index (χ0) is 29.2. The molecule has 43 heavy (non-hydrogen) atoms. The van der Waals surface area contributed by atoms with Gasteiger partial charge in [0.2, 0.25) is 0 Å². The van der Waals surface area contributed by atoms with Gasteiger partial charge in [-0.05, 0) is 36.8 Å². The summed E-state index contributed by atoms with van der Waals surface area (Å²) >= 11 is 0. The van der Waals surface area contributed by atoms with Gasteiger partial charge in [0, 0.05) is 54.2 Å². The molecule has 0 radical (unpaired) electrons. The maximum absolute atomic E-state index is 13.9. The maximum Gasteiger partial charge on any atom is 0.253 e. The second-order valence-corrected chi connectivity index (χ2v) is 12.1. The summed E-state index contributed by atoms with van der Waals surface area (Å²) in [6, 6.07) is 25.7. The monoisotopic (exact) mass is 570 g/mol. The van der Waals surface area contributed by atoms with Gasteiger partial charge in [-0.25, -0.2) is 0 Å². The summed E-state index contributed by atoms with van der Waals surface area (Å²) in [7, 11) is 3.57. The lowest BCUT2D eigenvalue weighted by molar-refractivity contribution is -0.264. The zero-order valence-electron chi connectivity index (χ0n) is 24.1. The van der Waals surface area contributed by atoms with Crippen molar-refractivity contribution in [1.29, 1.82) is 0 Å². The molecule has 1 saturated heterocycles. The molecule has 8 nitrogen and oxygen atoms in total. The van der Waals surface area contributed by atoms with Crippen LogP contribution in [0.2, 0.25) is 0 Å². The number of hydrogen-bond acceptors (Lipinski definition) is 4. The van der Waals surface area contributed by atoms with Crippen LogP contribution >= 0.6 is 0 Å². The summed E-state index contributed by atoms with van der Waals surface area (Å²) in [4.78, 5) is 29.2. The van der Waals surface area contributed by atoms with Gasteiger partial charge in [0.25, 0.3) is 11.8 Å². The van der Waals surface area contributed by atoms with Crippen molar-refractivity contribution >= 4 is 55.4 Å². The fraction of sp³-hybridized carbons (Fsp3) is 0.257. The highest BCUT2D eigenvalue weighted by atomic mass is 16.6. The van der Waals surface area contributed by atoms with Crippen molar-refractivity contribution in [2.75, 3.05) is 14.2 Å². The van der Waals surface area contributed by atoms with Crippen molar-refractivity contribution in [2.24, 2.45) is 0 Å². The molecule has 2 aromatic heterocycles. The van der Waals surface area contributed by atoms with Crippen molar-refractivity contribution in [1.82, 2.24) is 19.4 Å². The van der Waals surface area contributed by atoms with Crippen LogP contribution in [0.1, 0.15) is 45.9 Å². The summed E-state index contributed by atoms with van der Waals surface area (Å²) in [5.74, 6) is -0.107. The smallest absolute Gasteiger partial charge is 0.253 e. The number of methoxy groups -OCH3 is 1. The number of carbonyl (C=O) groups excluding carboxylic acids is 2. The summed E-state index contributed by atoms with van der Waals surface area (Å²) in [6.07, 6.45) is -0.386. The fourth-order valence-electron chi connectivity index (χ4n) is 8.33. The number of fused-ring (bicyclic) bond motifs is 13. The third-order valence-electron chi connectivity index (χ3n) is 10.0. The van der Waals surface area contributed by atoms with Gasteiger partial charge in [-0.15, -0.1) is 0 Å². The van der Waals surface area contributed by atoms with E-state index in [9.17, 15) is 9.59 Å². The average Bonchev–Trinajstić information content (AvgIpc) is 3.68. The molecule has 214 valence electrons. The molecule has 2 bridgehead atoms. The lowest BCUT2D eigenvalue weighted by Crippen LogP contribution is -2.61. The molecular weight excluding hydrogens is 540 g/mol. The third-order valence-corrected chi connectivity index (χ3v) is 10.0. The first-order chi connectivity index (χ1) is 20.9. The number of benzene rings is 4. The Morgan fingerprint density at radius 1 is 0.953 bits per heavy atom. The maximum atomic E-state index is 13.9. The molecule has 3 aliphatic rings. The van der Waals surface area contributed by atoms with Gasteiger partial charge in [0.15, 0.2) is 5.72 Å². The van der Waals surface area contributed by atoms with E-state index >= 15 is 0 Å². The van der Waals surface area contributed by atoms with Crippen LogP contribution in [0, 0.1) is 0 Å². The van der Waals surface area contributed by atoms with E-state index in [0.29, 0.717) is 18.5 Å². The van der Waals surface area contributed by atoms with Crippen LogP contribution in [0.4, 0.5) is 0 Å². The third kappa shape index (κ3) is 2.97. The van der Waals surface area contributed by atoms with Crippen LogP contribution in [-0.4, -0.2) is 52.2 Å². The predicted octanol–water partition coefficient (Wildman–Crippen LogP) is 5.91. The summed E-state index contributed by atoms with van der Waals surface area (Å²) < 4.78 is 18.1. The Labute approximate surface area is 247 Å². The molecule has 6 aromatic rings. The second-order valence-electron chi connectivity index (χ2n) is 12.1. The van der Waals surface area contributed by atoms with Gasteiger partial charge in [-0.2, -0.15) is 0 Å². The lowest BCUT2D eigenvalue weighted by Gasteiger charge is -2.50. The topological polar surface area (TPSA) is 77.7 Å². The van der Waals surface area contributed by atoms with Gasteiger partial charge in [-0.1, -0.05) is 54.6 Å². The molecule has 3 aliphatic heterocycles. The highest BCUT2D eigenvalue weighted by molar-refractivity contribution is 6.31. The minimum atomic E-state index is -0.980. The molecule has 2 amide bonds. The number of amides is 2. The van der Waals surface area contributed by atoms with Gasteiger partial charge in [-0.3, -0.25) is 9.59 Å². The van der Waals surface area contributed by atoms with Gasteiger partial charge in [0.1, 0.15) is 12.3 Å². The molecule has 4 atom stereocenters. The number of carbonyl (C=O) groups is 2. The number of likely N-dealkylation sites (N-methyl/N-ethyl adjacent to an activating group) is 1. The minimum absolute atomic E-state index is 0.0446. The summed E-state index contributed by atoms with van der Waals surface area (Å²) in [5, 5.41) is 7.24. The van der Waals surface area contributed by atoms with Crippen molar-refractivity contribution < 1.29 is 19.1 Å². The van der Waals surface area contributed by atoms with Gasteiger partial charge in [0.05, 0.1) is 33.7 Å². The van der Waals surface area contributed by atoms with Crippen LogP contribution in [0.3, 0.4) is 0 Å². The standard InChI is InChI=1S/C35H30N4O4/c1-35-32(42-3)25(37(2)34(41)19-11-5-4-6-12-19)17-26(43-35)38-23-15-9-7-13-20(23)28-29-22(18-36-33(29)40)27-21-14-8-10-16-24(21)39(35)31(27)30(28)38/h4-16,25-26,32H,17-18H2,1-3H3,(H,36,40)/t25-,26+,32-,35-/m0/s1. The van der Waals surface area contributed by atoms with E-state index in [4.69, 9.17) is 9.47 Å². The first-order valence-corrected chi connectivity index (χ1v) is 14.8. The Morgan fingerprint density at radius 2 is 1.63 bits per heavy atom. The van der Waals surface area contributed by atoms with E-state index in [1.807, 2.05) is 66.5 Å². The van der Waals surface area contributed by atoms with Gasteiger partial charge >= 0.3 is 0 Å². The Hall–Kier alpha value is -4.66. The van der Waals surface area contributed by atoms with Crippen LogP contribution in [0.5, 0.6) is 0 Å². The Kier molecular flexibility index (Phi) is 4.90. The number of hydrogen-bond donors (Lipinski definition) is 1. The molecule has 1 fully saturated rings. The van der Waals surface area contributed by atoms with E-state index in [1.54, 1.807) is 7.11 Å². The fourth-order valence-corrected chi connectivity index (χ4v) is 8.33. The molecular formula is C35H30N4O4. The Bertz CT molecular complexity index is 2180. The van der Waals surface area contributed by atoms with Crippen LogP contribution in [0.25, 0.3) is 43.6 Å². The lowest BCUT2D eigenvalue weighted by atomic mass is 9.91. The van der Waals surface area contributed by atoms with E-state index in [1.165, 1.54) is 0 Å². The second kappa shape index (κ2) is 8.46. The largest absolute Gasteiger partial charge is 0.374 e. The van der Waals surface area contributed by atoms with Crippen molar-refractivity contribution in [3.63, 3.8) is 0 Å². The van der Waals surface area contributed by atoms with Crippen molar-refractivity contribution in [2.45, 2.75) is 44.0 Å². The number of nitrogens with one attached hydrogen (secondary N) is 1. The molecule has 4 aromatic carbocycles. The van der Waals surface area contributed by atoms with E-state index in [-0.39, 0.29) is 17.9 Å². The molecule has 1 N–H and O–H groups in total. The molecule has 0 unspecified atom stereocenters. The highest BCUT2D eigenvalue weighted by Crippen LogP contribution is 2.54. The molecule has 0 saturated carbocycles. The quantitative estimate of drug-likeness (QED) is 0.287. The SMILES string of the molecule is CO[C@H]1[C@@H](N(C)C(=O)c2ccccc2)C[C@H]2O[C@]1(C)n1c3ccccc3c3c4c(c5c6ccccc6n2c5c31)C(=O)NC4. The van der Waals surface area contributed by atoms with Crippen LogP contribution < -0.4 is 5.32 Å². The molecule has 9 rings (SSSR count).